The van der Waals surface area contributed by atoms with Crippen LogP contribution in [0, 0.1) is 23.2 Å². The lowest BCUT2D eigenvalue weighted by Gasteiger charge is -2.47. The molecule has 0 saturated heterocycles. The Kier molecular flexibility index (Phi) is 8.85. The van der Waals surface area contributed by atoms with Gasteiger partial charge in [0.05, 0.1) is 17.8 Å². The van der Waals surface area contributed by atoms with E-state index in [1.807, 2.05) is 56.3 Å². The molecule has 2 unspecified atom stereocenters. The second-order valence-electron chi connectivity index (χ2n) is 9.81. The number of amides is 3. The van der Waals surface area contributed by atoms with Crippen molar-refractivity contribution in [3.63, 3.8) is 0 Å². The summed E-state index contributed by atoms with van der Waals surface area (Å²) in [5.41, 5.74) is 1.71. The molecule has 3 rings (SSSR count). The van der Waals surface area contributed by atoms with Crippen LogP contribution in [0.3, 0.4) is 0 Å². The zero-order valence-electron chi connectivity index (χ0n) is 21.9. The summed E-state index contributed by atoms with van der Waals surface area (Å²) >= 11 is 0. The number of carbonyl (C=O) groups excluding carboxylic acids is 3. The van der Waals surface area contributed by atoms with Crippen LogP contribution < -0.4 is 0 Å². The van der Waals surface area contributed by atoms with E-state index in [9.17, 15) is 24.8 Å². The number of rotatable bonds is 8. The van der Waals surface area contributed by atoms with Crippen molar-refractivity contribution in [2.24, 2.45) is 11.8 Å². The van der Waals surface area contributed by atoms with E-state index in [1.165, 1.54) is 21.8 Å². The summed E-state index contributed by atoms with van der Waals surface area (Å²) in [4.78, 5) is 42.1. The zero-order valence-corrected chi connectivity index (χ0v) is 21.9. The summed E-state index contributed by atoms with van der Waals surface area (Å²) in [5.74, 6) is -1.84. The van der Waals surface area contributed by atoms with Gasteiger partial charge in [0, 0.05) is 24.6 Å². The number of hydrogen-bond acceptors (Lipinski definition) is 5. The van der Waals surface area contributed by atoms with Crippen molar-refractivity contribution in [2.75, 3.05) is 0 Å². The smallest absolute Gasteiger partial charge is 0.269 e. The quantitative estimate of drug-likeness (QED) is 0.556. The van der Waals surface area contributed by atoms with E-state index in [-0.39, 0.29) is 24.2 Å². The molecule has 0 radical (unpaired) electrons. The molecule has 1 aliphatic heterocycles. The van der Waals surface area contributed by atoms with Crippen LogP contribution in [0.5, 0.6) is 0 Å². The van der Waals surface area contributed by atoms with Crippen LogP contribution in [0.15, 0.2) is 66.9 Å². The summed E-state index contributed by atoms with van der Waals surface area (Å²) in [6.07, 6.45) is 0.182. The average molecular weight is 503 g/mol. The van der Waals surface area contributed by atoms with Gasteiger partial charge < -0.3 is 10.0 Å². The van der Waals surface area contributed by atoms with Crippen molar-refractivity contribution in [1.29, 1.82) is 5.26 Å². The molecule has 0 aromatic heterocycles. The number of benzene rings is 2. The highest BCUT2D eigenvalue weighted by molar-refractivity contribution is 5.98. The van der Waals surface area contributed by atoms with Crippen molar-refractivity contribution in [1.82, 2.24) is 14.9 Å². The lowest BCUT2D eigenvalue weighted by Crippen LogP contribution is -2.64. The van der Waals surface area contributed by atoms with Gasteiger partial charge in [0.15, 0.2) is 6.10 Å². The Morgan fingerprint density at radius 3 is 2.08 bits per heavy atom. The number of hydrogen-bond donors (Lipinski definition) is 1. The third-order valence-electron chi connectivity index (χ3n) is 6.34. The Bertz CT molecular complexity index is 1190. The van der Waals surface area contributed by atoms with Crippen LogP contribution in [-0.4, -0.2) is 55.9 Å². The van der Waals surface area contributed by atoms with E-state index in [2.05, 4.69) is 0 Å². The van der Waals surface area contributed by atoms with Gasteiger partial charge in [-0.1, -0.05) is 88.4 Å². The number of carbonyl (C=O) groups is 3. The predicted octanol–water partition coefficient (Wildman–Crippen LogP) is 3.60. The Balaban J connectivity index is 2.25. The maximum absolute atomic E-state index is 14.2. The maximum atomic E-state index is 14.2. The third-order valence-corrected chi connectivity index (χ3v) is 6.34. The molecule has 0 fully saturated rings. The Morgan fingerprint density at radius 1 is 1.03 bits per heavy atom. The molecule has 0 bridgehead atoms. The van der Waals surface area contributed by atoms with Crippen LogP contribution in [0.2, 0.25) is 0 Å². The summed E-state index contributed by atoms with van der Waals surface area (Å²) in [7, 11) is 0. The molecule has 0 saturated carbocycles. The molecule has 8 heteroatoms. The van der Waals surface area contributed by atoms with E-state index < -0.39 is 30.0 Å². The monoisotopic (exact) mass is 502 g/mol. The highest BCUT2D eigenvalue weighted by atomic mass is 16.3. The van der Waals surface area contributed by atoms with E-state index >= 15 is 0 Å². The van der Waals surface area contributed by atoms with Crippen LogP contribution >= 0.6 is 0 Å². The lowest BCUT2D eigenvalue weighted by molar-refractivity contribution is -0.169. The maximum Gasteiger partial charge on any atom is 0.269 e. The van der Waals surface area contributed by atoms with E-state index in [1.54, 1.807) is 44.3 Å². The lowest BCUT2D eigenvalue weighted by atomic mass is 9.95. The molecule has 0 aliphatic carbocycles. The molecule has 8 nitrogen and oxygen atoms in total. The molecule has 1 heterocycles. The van der Waals surface area contributed by atoms with Gasteiger partial charge in [0.25, 0.3) is 5.91 Å². The first-order chi connectivity index (χ1) is 17.6. The van der Waals surface area contributed by atoms with Gasteiger partial charge in [-0.15, -0.1) is 0 Å². The first kappa shape index (κ1) is 27.6. The Morgan fingerprint density at radius 2 is 1.59 bits per heavy atom. The molecule has 1 aliphatic rings. The SMILES string of the molecule is CC(=O)N([C@@H](Cc1ccccc1)C(O)C#N)N1C(=O)C(C(C)C)N(C(=O)C(C)C)C=C1c1ccccc1. The minimum atomic E-state index is -1.57. The fourth-order valence-electron chi connectivity index (χ4n) is 4.56. The number of nitriles is 1. The molecule has 1 N–H and O–H groups in total. The third kappa shape index (κ3) is 5.89. The second kappa shape index (κ2) is 11.8. The molecule has 37 heavy (non-hydrogen) atoms. The minimum Gasteiger partial charge on any atom is -0.376 e. The number of nitrogens with zero attached hydrogens (tertiary/aromatic N) is 4. The van der Waals surface area contributed by atoms with Gasteiger partial charge in [-0.25, -0.2) is 10.0 Å². The largest absolute Gasteiger partial charge is 0.376 e. The van der Waals surface area contributed by atoms with Gasteiger partial charge in [-0.3, -0.25) is 14.4 Å². The van der Waals surface area contributed by atoms with Gasteiger partial charge in [-0.05, 0) is 17.9 Å². The van der Waals surface area contributed by atoms with E-state index in [0.717, 1.165) is 5.56 Å². The average Bonchev–Trinajstić information content (AvgIpc) is 2.88. The molecule has 3 amide bonds. The minimum absolute atomic E-state index is 0.141. The summed E-state index contributed by atoms with van der Waals surface area (Å²) in [6.45, 7) is 8.52. The molecule has 194 valence electrons. The second-order valence-corrected chi connectivity index (χ2v) is 9.81. The fourth-order valence-corrected chi connectivity index (χ4v) is 4.56. The summed E-state index contributed by atoms with van der Waals surface area (Å²) in [5, 5.41) is 22.9. The van der Waals surface area contributed by atoms with Crippen molar-refractivity contribution in [3.8, 4) is 6.07 Å². The molecule has 2 aromatic carbocycles. The Labute approximate surface area is 218 Å². The molecule has 0 spiro atoms. The van der Waals surface area contributed by atoms with E-state index in [4.69, 9.17) is 0 Å². The van der Waals surface area contributed by atoms with Crippen molar-refractivity contribution in [2.45, 2.75) is 59.2 Å². The van der Waals surface area contributed by atoms with E-state index in [0.29, 0.717) is 11.3 Å². The van der Waals surface area contributed by atoms with Crippen molar-refractivity contribution >= 4 is 23.4 Å². The summed E-state index contributed by atoms with van der Waals surface area (Å²) in [6, 6.07) is 18.1. The van der Waals surface area contributed by atoms with Gasteiger partial charge in [0.1, 0.15) is 6.04 Å². The molecular weight excluding hydrogens is 468 g/mol. The first-order valence-corrected chi connectivity index (χ1v) is 12.4. The zero-order chi connectivity index (χ0) is 27.3. The number of hydrazine groups is 1. The number of aliphatic hydroxyl groups excluding tert-OH is 1. The van der Waals surface area contributed by atoms with Crippen molar-refractivity contribution in [3.05, 3.63) is 78.0 Å². The number of aliphatic hydroxyl groups is 1. The highest BCUT2D eigenvalue weighted by Crippen LogP contribution is 2.34. The Hall–Kier alpha value is -3.96. The fraction of sp³-hybridized carbons (Fsp3) is 0.379. The van der Waals surface area contributed by atoms with Gasteiger partial charge in [0.2, 0.25) is 11.8 Å². The highest BCUT2D eigenvalue weighted by Gasteiger charge is 2.46. The van der Waals surface area contributed by atoms with Crippen LogP contribution in [0.1, 0.15) is 45.7 Å². The van der Waals surface area contributed by atoms with Crippen LogP contribution in [0.25, 0.3) is 5.70 Å². The summed E-state index contributed by atoms with van der Waals surface area (Å²) < 4.78 is 0. The first-order valence-electron chi connectivity index (χ1n) is 12.4. The predicted molar refractivity (Wildman–Crippen MR) is 140 cm³/mol. The normalized spacial score (nSPS) is 17.3. The molecule has 3 atom stereocenters. The van der Waals surface area contributed by atoms with Crippen LogP contribution in [-0.2, 0) is 20.8 Å². The van der Waals surface area contributed by atoms with Crippen LogP contribution in [0.4, 0.5) is 0 Å². The topological polar surface area (TPSA) is 105 Å². The van der Waals surface area contributed by atoms with Gasteiger partial charge >= 0.3 is 0 Å². The molecule has 2 aromatic rings. The van der Waals surface area contributed by atoms with Gasteiger partial charge in [-0.2, -0.15) is 5.26 Å². The standard InChI is InChI=1S/C29H34N4O4/c1-19(2)27-29(37)33(25(23-14-10-7-11-15-23)18-31(27)28(36)20(3)4)32(21(5)34)24(26(35)17-30)16-22-12-8-6-9-13-22/h6-15,18-20,24,26-27,35H,16H2,1-5H3/t24-,26?,27?/m0/s1. The van der Waals surface area contributed by atoms with Crippen molar-refractivity contribution < 1.29 is 19.5 Å². The molecular formula is C29H34N4O4.